The Morgan fingerprint density at radius 1 is 0.966 bits per heavy atom. The van der Waals surface area contributed by atoms with Gasteiger partial charge in [0, 0.05) is 37.4 Å². The van der Waals surface area contributed by atoms with E-state index in [9.17, 15) is 44.4 Å². The molecule has 0 radical (unpaired) electrons. The Labute approximate surface area is 337 Å². The van der Waals surface area contributed by atoms with E-state index >= 15 is 0 Å². The van der Waals surface area contributed by atoms with Gasteiger partial charge in [-0.15, -0.1) is 0 Å². The minimum Gasteiger partial charge on any atom is -0.504 e. The Kier molecular flexibility index (Phi) is 12.6. The molecule has 0 spiro atoms. The zero-order valence-electron chi connectivity index (χ0n) is 33.9. The lowest BCUT2D eigenvalue weighted by Gasteiger charge is -2.60. The van der Waals surface area contributed by atoms with E-state index in [1.54, 1.807) is 69.3 Å². The number of hydrogen-bond acceptors (Lipinski definition) is 14. The van der Waals surface area contributed by atoms with Gasteiger partial charge in [-0.25, -0.2) is 14.4 Å². The quantitative estimate of drug-likeness (QED) is 0.157. The largest absolute Gasteiger partial charge is 0.504 e. The van der Waals surface area contributed by atoms with Gasteiger partial charge in [0.05, 0.1) is 24.1 Å². The van der Waals surface area contributed by atoms with E-state index in [4.69, 9.17) is 23.7 Å². The summed E-state index contributed by atoms with van der Waals surface area (Å²) in [5.74, 6) is -6.16. The fraction of sp³-hybridized carbons (Fsp3) is 0.512. The summed E-state index contributed by atoms with van der Waals surface area (Å²) >= 11 is 0. The first-order chi connectivity index (χ1) is 27.1. The fourth-order valence-electron chi connectivity index (χ4n) is 8.43. The van der Waals surface area contributed by atoms with E-state index in [1.165, 1.54) is 39.8 Å². The van der Waals surface area contributed by atoms with Gasteiger partial charge in [0.25, 0.3) is 0 Å². The Bertz CT molecular complexity index is 1970. The molecule has 1 aliphatic heterocycles. The summed E-state index contributed by atoms with van der Waals surface area (Å²) in [6.45, 7) is 11.2. The summed E-state index contributed by atoms with van der Waals surface area (Å²) in [6.07, 6.45) is -7.87. The average molecular weight is 808 g/mol. The lowest BCUT2D eigenvalue weighted by Crippen LogP contribution is -2.73. The monoisotopic (exact) mass is 807 g/mol. The van der Waals surface area contributed by atoms with E-state index in [1.807, 2.05) is 0 Å². The average Bonchev–Trinajstić information content (AvgIpc) is 3.15. The van der Waals surface area contributed by atoms with E-state index in [0.717, 1.165) is 6.92 Å². The van der Waals surface area contributed by atoms with Crippen LogP contribution in [0.25, 0.3) is 0 Å². The molecule has 5 rings (SSSR count). The minimum absolute atomic E-state index is 0.0742. The van der Waals surface area contributed by atoms with E-state index in [0.29, 0.717) is 5.56 Å². The highest BCUT2D eigenvalue weighted by Gasteiger charge is 2.69. The number of hydrogen-bond donors (Lipinski definition) is 5. The number of benzene rings is 2. The number of aliphatic hydroxyl groups is 4. The number of rotatable bonds is 11. The lowest BCUT2D eigenvalue weighted by molar-refractivity contribution is -0.295. The summed E-state index contributed by atoms with van der Waals surface area (Å²) in [5, 5.41) is 49.2. The molecule has 314 valence electrons. The third-order valence-corrected chi connectivity index (χ3v) is 11.3. The highest BCUT2D eigenvalue weighted by atomic mass is 16.6. The Morgan fingerprint density at radius 3 is 2.10 bits per heavy atom. The normalized spacial score (nSPS) is 27.9. The second-order valence-electron chi connectivity index (χ2n) is 16.6. The number of allylic oxidation sites excluding steroid dienone is 1. The number of alkyl carbamates (subject to hydrolysis) is 1. The van der Waals surface area contributed by atoms with Crippen LogP contribution in [0.3, 0.4) is 0 Å². The van der Waals surface area contributed by atoms with Gasteiger partial charge in [0.15, 0.2) is 17.5 Å². The molecule has 2 bridgehead atoms. The smallest absolute Gasteiger partial charge is 0.408 e. The van der Waals surface area contributed by atoms with Crippen LogP contribution in [-0.2, 0) is 38.1 Å². The van der Waals surface area contributed by atoms with Crippen molar-refractivity contribution in [3.63, 3.8) is 0 Å². The number of fused-ring (bicyclic) bond motifs is 2. The molecular formula is C43H53NO14. The van der Waals surface area contributed by atoms with Crippen LogP contribution in [0.15, 0.2) is 83.1 Å². The molecule has 8 atom stereocenters. The second-order valence-corrected chi connectivity index (χ2v) is 16.6. The van der Waals surface area contributed by atoms with Crippen molar-refractivity contribution in [2.24, 2.45) is 11.3 Å². The molecule has 15 heteroatoms. The summed E-state index contributed by atoms with van der Waals surface area (Å²) in [6, 6.07) is 14.6. The summed E-state index contributed by atoms with van der Waals surface area (Å²) in [4.78, 5) is 68.4. The molecule has 0 aromatic heterocycles. The van der Waals surface area contributed by atoms with Crippen LogP contribution in [0.2, 0.25) is 0 Å². The predicted octanol–water partition coefficient (Wildman–Crippen LogP) is 4.34. The van der Waals surface area contributed by atoms with Crippen LogP contribution in [0, 0.1) is 11.3 Å². The molecule has 0 unspecified atom stereocenters. The summed E-state index contributed by atoms with van der Waals surface area (Å²) in [7, 11) is 0. The van der Waals surface area contributed by atoms with Gasteiger partial charge in [-0.3, -0.25) is 9.59 Å². The predicted molar refractivity (Wildman–Crippen MR) is 206 cm³/mol. The fourth-order valence-corrected chi connectivity index (χ4v) is 8.43. The van der Waals surface area contributed by atoms with Crippen molar-refractivity contribution >= 4 is 29.8 Å². The first-order valence-electron chi connectivity index (χ1n) is 19.1. The number of Topliss-reactive ketones (excluding diaryl/α,β-unsaturated/α-hetero) is 1. The van der Waals surface area contributed by atoms with Crippen LogP contribution < -0.4 is 5.32 Å². The van der Waals surface area contributed by atoms with E-state index in [-0.39, 0.29) is 35.3 Å². The molecule has 1 amide bonds. The molecule has 2 aromatic rings. The maximum Gasteiger partial charge on any atom is 0.408 e. The number of amides is 1. The Hall–Kier alpha value is -5.09. The highest BCUT2D eigenvalue weighted by Crippen LogP contribution is 2.58. The van der Waals surface area contributed by atoms with E-state index < -0.39 is 107 Å². The maximum absolute atomic E-state index is 14.5. The van der Waals surface area contributed by atoms with Crippen LogP contribution in [0.1, 0.15) is 90.2 Å². The molecule has 2 aromatic carbocycles. The number of carbonyl (C=O) groups excluding carboxylic acids is 5. The van der Waals surface area contributed by atoms with Crippen LogP contribution in [-0.4, -0.2) is 105 Å². The first kappa shape index (κ1) is 44.0. The number of aliphatic hydroxyl groups excluding tert-OH is 3. The van der Waals surface area contributed by atoms with Crippen molar-refractivity contribution in [1.29, 1.82) is 0 Å². The van der Waals surface area contributed by atoms with Gasteiger partial charge < -0.3 is 49.4 Å². The van der Waals surface area contributed by atoms with Gasteiger partial charge >= 0.3 is 24.0 Å². The van der Waals surface area contributed by atoms with Crippen molar-refractivity contribution in [3.8, 4) is 0 Å². The first-order valence-corrected chi connectivity index (χ1v) is 19.1. The van der Waals surface area contributed by atoms with Crippen molar-refractivity contribution < 1.29 is 68.1 Å². The maximum atomic E-state index is 14.5. The number of ketones is 1. The number of nitrogens with one attached hydrogen (secondary N) is 1. The zero-order chi connectivity index (χ0) is 43.0. The minimum atomic E-state index is -2.36. The van der Waals surface area contributed by atoms with Gasteiger partial charge in [-0.1, -0.05) is 62.4 Å². The second kappa shape index (κ2) is 16.6. The molecule has 1 fully saturated rings. The van der Waals surface area contributed by atoms with Crippen molar-refractivity contribution in [2.75, 3.05) is 13.2 Å². The lowest BCUT2D eigenvalue weighted by atomic mass is 9.53. The number of carbonyl (C=O) groups is 5. The van der Waals surface area contributed by atoms with Gasteiger partial charge in [0.1, 0.15) is 29.5 Å². The van der Waals surface area contributed by atoms with Gasteiger partial charge in [-0.05, 0) is 63.5 Å². The number of esters is 3. The molecule has 1 saturated heterocycles. The van der Waals surface area contributed by atoms with E-state index in [2.05, 4.69) is 5.32 Å². The van der Waals surface area contributed by atoms with Gasteiger partial charge in [0.2, 0.25) is 5.78 Å². The molecule has 0 saturated carbocycles. The third kappa shape index (κ3) is 8.26. The number of ether oxygens (including phenoxy) is 5. The van der Waals surface area contributed by atoms with Crippen molar-refractivity contribution in [1.82, 2.24) is 5.32 Å². The molecule has 1 heterocycles. The summed E-state index contributed by atoms with van der Waals surface area (Å²) < 4.78 is 29.4. The molecule has 5 N–H and O–H groups in total. The molecule has 58 heavy (non-hydrogen) atoms. The SMILES string of the molecule is CC(=O)O[C@@]1([C@@H]2C(C)=C(O)C(=O)C3=C(C)[C@@H](OC(=O)[C@H](O)[C@@H](NC(=O)OC(C)(C)C)c4ccccc4)C[C@@](O)([C@H]2OC(=O)c2ccccc2)C3(C)C)CO[C@@H]1CCO. The van der Waals surface area contributed by atoms with Crippen molar-refractivity contribution in [3.05, 3.63) is 94.3 Å². The van der Waals surface area contributed by atoms with Crippen LogP contribution in [0.5, 0.6) is 0 Å². The van der Waals surface area contributed by atoms with Crippen LogP contribution in [0.4, 0.5) is 4.79 Å². The third-order valence-electron chi connectivity index (χ3n) is 11.3. The molecule has 15 nitrogen and oxygen atoms in total. The van der Waals surface area contributed by atoms with Crippen molar-refractivity contribution in [2.45, 2.75) is 115 Å². The Morgan fingerprint density at radius 2 is 1.57 bits per heavy atom. The molecular weight excluding hydrogens is 754 g/mol. The van der Waals surface area contributed by atoms with Gasteiger partial charge in [-0.2, -0.15) is 0 Å². The topological polar surface area (TPSA) is 224 Å². The van der Waals surface area contributed by atoms with Crippen LogP contribution >= 0.6 is 0 Å². The highest BCUT2D eigenvalue weighted by molar-refractivity contribution is 6.09. The molecule has 2 aliphatic carbocycles. The summed E-state index contributed by atoms with van der Waals surface area (Å²) in [5.41, 5.74) is -6.44. The standard InChI is InChI=1S/C43H53NO14/c1-23-28(55-38(51)35(49)32(26-15-11-9-12-16-26)44-39(52)58-40(4,5)6)21-43(53)36(56-37(50)27-17-13-10-14-18-27)31(24(2)33(47)34(48)30(23)41(43,7)8)42(57-25(3)46)22-54-29(42)19-20-45/h9-18,28-29,31-32,35-36,45,47,49,53H,19-22H2,1-8H3,(H,44,52)/t28-,29+,31+,32-,35+,36-,42-,43+/m0/s1. The Balaban J connectivity index is 1.66. The molecule has 3 aliphatic rings. The zero-order valence-corrected chi connectivity index (χ0v) is 33.9.